The molecule has 5 N–H and O–H groups in total. The molecule has 668 valence electrons. The Morgan fingerprint density at radius 1 is 0.236 bits per heavy atom. The van der Waals surface area contributed by atoms with Crippen LogP contribution in [0.3, 0.4) is 0 Å². The number of rotatable bonds is 58. The summed E-state index contributed by atoms with van der Waals surface area (Å²) in [5.74, 6) is 1.38. The van der Waals surface area contributed by atoms with Crippen molar-refractivity contribution in [3.05, 3.63) is 0 Å². The molecule has 0 aromatic rings. The summed E-state index contributed by atoms with van der Waals surface area (Å²) in [6.07, 6.45) is 31.0. The number of hydrogen-bond acceptors (Lipinski definition) is 23. The molecule has 0 spiro atoms. The lowest BCUT2D eigenvalue weighted by Crippen LogP contribution is -2.24. The average molecular weight is 1600 g/mol. The third kappa shape index (κ3) is 191. The van der Waals surface area contributed by atoms with Gasteiger partial charge in [-0.05, 0) is 124 Å². The van der Waals surface area contributed by atoms with Crippen molar-refractivity contribution in [1.29, 1.82) is 0 Å². The molecule has 0 radical (unpaired) electrons. The molecule has 0 bridgehead atoms. The van der Waals surface area contributed by atoms with E-state index in [4.69, 9.17) is 37.9 Å². The lowest BCUT2D eigenvalue weighted by Gasteiger charge is -2.03. The van der Waals surface area contributed by atoms with E-state index >= 15 is 0 Å². The summed E-state index contributed by atoms with van der Waals surface area (Å²) in [6.45, 7) is 39.3. The summed E-state index contributed by atoms with van der Waals surface area (Å²) in [5.41, 5.74) is 0. The number of amides is 2. The first-order valence-corrected chi connectivity index (χ1v) is 41.7. The zero-order valence-corrected chi connectivity index (χ0v) is 76.5. The van der Waals surface area contributed by atoms with Crippen LogP contribution in [0.15, 0.2) is 0 Å². The van der Waals surface area contributed by atoms with E-state index in [2.05, 4.69) is 110 Å². The van der Waals surface area contributed by atoms with Gasteiger partial charge in [-0.1, -0.05) is 148 Å². The number of carbonyl (C=O) groups is 9. The second-order valence-electron chi connectivity index (χ2n) is 24.7. The van der Waals surface area contributed by atoms with Gasteiger partial charge in [-0.15, -0.1) is 0 Å². The molecular formula is C85H183N5O20. The summed E-state index contributed by atoms with van der Waals surface area (Å²) in [5, 5.41) is 14.6. The van der Waals surface area contributed by atoms with Crippen molar-refractivity contribution < 1.29 is 95.3 Å². The summed E-state index contributed by atoms with van der Waals surface area (Å²) >= 11 is 0. The SMILES string of the molecule is CCC.CCC(=O)CCCCOC.CCC(=O)COC.CCC(=O)NCCCOC.CCC(=O)OCCCOC.CCCCC(=O)CCCCOC.CCCCC(=O)COC.CCCCC(=O)NCCCOC.CCCCC(=O)OCCCOC.CCCCCC(=O)COC.CCCCNC.CCCNC.CCNC. The fraction of sp³-hybridized carbons (Fsp3) is 0.894. The molecule has 0 saturated heterocycles. The van der Waals surface area contributed by atoms with Crippen molar-refractivity contribution in [3.63, 3.8) is 0 Å². The maximum absolute atomic E-state index is 11.1. The van der Waals surface area contributed by atoms with Crippen LogP contribution in [0.2, 0.25) is 0 Å². The highest BCUT2D eigenvalue weighted by Gasteiger charge is 2.04. The lowest BCUT2D eigenvalue weighted by atomic mass is 10.1. The highest BCUT2D eigenvalue weighted by Crippen LogP contribution is 2.04. The van der Waals surface area contributed by atoms with Gasteiger partial charge in [0.1, 0.15) is 31.4 Å². The van der Waals surface area contributed by atoms with Crippen LogP contribution in [0, 0.1) is 0 Å². The van der Waals surface area contributed by atoms with Gasteiger partial charge in [-0.25, -0.2) is 0 Å². The molecule has 0 aromatic carbocycles. The predicted molar refractivity (Wildman–Crippen MR) is 458 cm³/mol. The van der Waals surface area contributed by atoms with E-state index in [0.29, 0.717) is 103 Å². The molecule has 25 nitrogen and oxygen atoms in total. The number of Topliss-reactive ketones (excluding diaryl/α,β-unsaturated/α-hetero) is 5. The fourth-order valence-corrected chi connectivity index (χ4v) is 6.81. The molecule has 2 amide bonds. The molecule has 0 fully saturated rings. The molecule has 0 saturated carbocycles. The van der Waals surface area contributed by atoms with Crippen molar-refractivity contribution in [2.24, 2.45) is 0 Å². The van der Waals surface area contributed by atoms with Gasteiger partial charge in [0.15, 0.2) is 17.3 Å². The van der Waals surface area contributed by atoms with Crippen LogP contribution >= 0.6 is 0 Å². The molecule has 0 rings (SSSR count). The maximum Gasteiger partial charge on any atom is 0.305 e. The number of ketones is 5. The fourth-order valence-electron chi connectivity index (χ4n) is 6.81. The van der Waals surface area contributed by atoms with Gasteiger partial charge in [-0.3, -0.25) is 43.2 Å². The van der Waals surface area contributed by atoms with Gasteiger partial charge in [-0.2, -0.15) is 0 Å². The van der Waals surface area contributed by atoms with Crippen LogP contribution in [0.1, 0.15) is 315 Å². The molecule has 0 aliphatic carbocycles. The largest absolute Gasteiger partial charge is 0.466 e. The standard InChI is InChI=1S/C10H20O2.C9H19NO2.C9H18O3.2C8H16O2.C7H15NO2.C7H14O3.C7H14O2.C5H13N.C5H10O2.C4H11N.C3H9N.C3H8/c1-3-4-7-10(11)8-5-6-9-12-2;1-3-4-6-9(11)10-7-5-8-12-2;1-3-4-6-9(10)12-8-5-7-11-2;1-3-8(9)6-4-5-7-10-2;1-3-4-5-6-8(9)7-10-2;1-3-7(9)8-5-4-6-10-2;1-3-7(8)10-6-4-5-9-2;1-3-4-5-7(8)6-9-2;1-3-4-5-6-2;1-3-5(6)4-7-2;1-3-4-5-2;1-3-4-2;1-3-2/h3-9H2,1-2H3;3-8H2,1-2H3,(H,10,11);3-8H2,1-2H3;2*3-7H2,1-2H3;3-6H2,1-2H3,(H,8,9);3-6H2,1-2H3;3-6H2,1-2H3;6H,3-5H2,1-2H3;3-4H2,1-2H3;5H,3-4H2,1-2H3;4H,3H2,1-2H3;3H2,1-2H3. The van der Waals surface area contributed by atoms with Crippen LogP contribution < -0.4 is 26.6 Å². The molecule has 0 heterocycles. The Kier molecular flexibility index (Phi) is 176. The Morgan fingerprint density at radius 2 is 0.555 bits per heavy atom. The molecule has 0 atom stereocenters. The number of ether oxygens (including phenoxy) is 11. The first-order valence-electron chi connectivity index (χ1n) is 41.7. The molecule has 0 aliphatic heterocycles. The topological polar surface area (TPSA) is 315 Å². The van der Waals surface area contributed by atoms with Crippen LogP contribution in [-0.2, 0) is 95.3 Å². The van der Waals surface area contributed by atoms with Crippen LogP contribution in [0.4, 0.5) is 0 Å². The first kappa shape index (κ1) is 135. The summed E-state index contributed by atoms with van der Waals surface area (Å²) in [7, 11) is 20.5. The monoisotopic (exact) mass is 1590 g/mol. The van der Waals surface area contributed by atoms with E-state index in [1.807, 2.05) is 41.9 Å². The number of methoxy groups -OCH3 is 9. The van der Waals surface area contributed by atoms with Crippen molar-refractivity contribution in [3.8, 4) is 0 Å². The molecule has 110 heavy (non-hydrogen) atoms. The average Bonchev–Trinajstić information content (AvgIpc) is 1.76. The lowest BCUT2D eigenvalue weighted by molar-refractivity contribution is -0.144. The molecule has 0 aromatic heterocycles. The molecule has 25 heteroatoms. The number of nitrogens with one attached hydrogen (secondary N) is 5. The number of carbonyl (C=O) groups excluding carboxylic acids is 9. The van der Waals surface area contributed by atoms with Crippen molar-refractivity contribution >= 4 is 52.7 Å². The molecular weight excluding hydrogens is 1410 g/mol. The Hall–Kier alpha value is -4.25. The van der Waals surface area contributed by atoms with Gasteiger partial charge in [0.2, 0.25) is 11.8 Å². The number of unbranched alkanes of at least 4 members (excludes halogenated alkanes) is 9. The summed E-state index contributed by atoms with van der Waals surface area (Å²) < 4.78 is 52.6. The second kappa shape index (κ2) is 143. The van der Waals surface area contributed by atoms with Crippen LogP contribution in [-0.4, -0.2) is 243 Å². The van der Waals surface area contributed by atoms with E-state index in [9.17, 15) is 43.2 Å². The smallest absolute Gasteiger partial charge is 0.305 e. The van der Waals surface area contributed by atoms with Gasteiger partial charge in [0.05, 0.1) is 13.2 Å². The zero-order chi connectivity index (χ0) is 86.9. The molecule has 0 aliphatic rings. The van der Waals surface area contributed by atoms with E-state index in [1.54, 1.807) is 63.8 Å². The van der Waals surface area contributed by atoms with Gasteiger partial charge in [0.25, 0.3) is 0 Å². The van der Waals surface area contributed by atoms with Crippen molar-refractivity contribution in [1.82, 2.24) is 26.6 Å². The third-order valence-corrected chi connectivity index (χ3v) is 13.4. The van der Waals surface area contributed by atoms with Gasteiger partial charge in [0, 0.05) is 200 Å². The number of hydrogen-bond donors (Lipinski definition) is 5. The summed E-state index contributed by atoms with van der Waals surface area (Å²) in [6, 6.07) is 0. The summed E-state index contributed by atoms with van der Waals surface area (Å²) in [4.78, 5) is 96.7. The quantitative estimate of drug-likeness (QED) is 0.0279. The number of esters is 2. The highest BCUT2D eigenvalue weighted by molar-refractivity contribution is 5.80. The minimum Gasteiger partial charge on any atom is -0.466 e. The minimum atomic E-state index is -0.142. The minimum absolute atomic E-state index is 0.0899. The maximum atomic E-state index is 11.1. The van der Waals surface area contributed by atoms with E-state index in [-0.39, 0.29) is 60.9 Å². The van der Waals surface area contributed by atoms with E-state index in [0.717, 1.165) is 181 Å². The zero-order valence-electron chi connectivity index (χ0n) is 76.5. The Labute approximate surface area is 677 Å². The third-order valence-electron chi connectivity index (χ3n) is 13.4. The van der Waals surface area contributed by atoms with E-state index in [1.165, 1.54) is 39.2 Å². The molecule has 0 unspecified atom stereocenters. The first-order chi connectivity index (χ1) is 52.9. The van der Waals surface area contributed by atoms with Crippen molar-refractivity contribution in [2.75, 3.05) is 191 Å². The normalized spacial score (nSPS) is 9.40. The van der Waals surface area contributed by atoms with E-state index < -0.39 is 0 Å². The Balaban J connectivity index is -0.0000000853. The Morgan fingerprint density at radius 3 is 0.873 bits per heavy atom. The Bertz CT molecular complexity index is 1590. The second-order valence-corrected chi connectivity index (χ2v) is 24.7. The highest BCUT2D eigenvalue weighted by atomic mass is 16.5. The van der Waals surface area contributed by atoms with Crippen LogP contribution in [0.25, 0.3) is 0 Å². The van der Waals surface area contributed by atoms with Gasteiger partial charge >= 0.3 is 11.9 Å². The van der Waals surface area contributed by atoms with Gasteiger partial charge < -0.3 is 78.7 Å². The predicted octanol–water partition coefficient (Wildman–Crippen LogP) is 16.0. The van der Waals surface area contributed by atoms with Crippen molar-refractivity contribution in [2.45, 2.75) is 315 Å². The van der Waals surface area contributed by atoms with Crippen LogP contribution in [0.5, 0.6) is 0 Å².